The molecule has 10 heteroatoms. The molecule has 42 heavy (non-hydrogen) atoms. The predicted molar refractivity (Wildman–Crippen MR) is 161 cm³/mol. The number of hydrogen-bond acceptors (Lipinski definition) is 7. The fourth-order valence-corrected chi connectivity index (χ4v) is 5.94. The molecule has 1 saturated heterocycles. The molecular weight excluding hydrogens is 528 g/mol. The molecular formula is C32H38N8O2. The molecule has 0 bridgehead atoms. The lowest BCUT2D eigenvalue weighted by Crippen LogP contribution is -2.45. The Morgan fingerprint density at radius 1 is 1.05 bits per heavy atom. The number of nitrogens with zero attached hydrogens (tertiary/aromatic N) is 8. The molecule has 218 valence electrons. The minimum Gasteiger partial charge on any atom is -0.492 e. The molecule has 5 heterocycles. The minimum atomic E-state index is 0.0370. The van der Waals surface area contributed by atoms with Crippen molar-refractivity contribution >= 4 is 22.3 Å². The van der Waals surface area contributed by atoms with Crippen LogP contribution in [-0.2, 0) is 19.5 Å². The van der Waals surface area contributed by atoms with Gasteiger partial charge in [0.2, 0.25) is 0 Å². The largest absolute Gasteiger partial charge is 0.492 e. The predicted octanol–water partition coefficient (Wildman–Crippen LogP) is 3.88. The number of ketones is 1. The number of hydrogen-bond donors (Lipinski definition) is 0. The SMILES string of the molecule is CCn1ccc(Cn2nc(C3CC3)c3c(CC(=O)c4cnc5cc(OCCN6CCN(C)CC6)ccn45)cccc32)n1. The fourth-order valence-electron chi connectivity index (χ4n) is 5.94. The van der Waals surface area contributed by atoms with Crippen molar-refractivity contribution in [1.82, 2.24) is 38.7 Å². The second-order valence-corrected chi connectivity index (χ2v) is 11.6. The molecule has 0 amide bonds. The molecule has 0 atom stereocenters. The zero-order valence-electron chi connectivity index (χ0n) is 24.4. The van der Waals surface area contributed by atoms with Gasteiger partial charge in [0.1, 0.15) is 23.7 Å². The van der Waals surface area contributed by atoms with Crippen LogP contribution in [0, 0.1) is 0 Å². The number of Topliss-reactive ketones (excluding diaryl/α,β-unsaturated/α-hetero) is 1. The number of fused-ring (bicyclic) bond motifs is 2. The summed E-state index contributed by atoms with van der Waals surface area (Å²) in [7, 11) is 2.16. The van der Waals surface area contributed by atoms with E-state index >= 15 is 0 Å². The first-order valence-corrected chi connectivity index (χ1v) is 15.1. The molecule has 0 radical (unpaired) electrons. The van der Waals surface area contributed by atoms with E-state index in [1.165, 1.54) is 0 Å². The van der Waals surface area contributed by atoms with E-state index in [1.807, 2.05) is 39.7 Å². The van der Waals surface area contributed by atoms with Crippen molar-refractivity contribution in [2.24, 2.45) is 0 Å². The first-order valence-electron chi connectivity index (χ1n) is 15.1. The smallest absolute Gasteiger partial charge is 0.185 e. The maximum Gasteiger partial charge on any atom is 0.185 e. The molecule has 1 aliphatic heterocycles. The molecule has 2 fully saturated rings. The van der Waals surface area contributed by atoms with Crippen molar-refractivity contribution in [2.45, 2.75) is 45.2 Å². The van der Waals surface area contributed by atoms with Gasteiger partial charge < -0.3 is 9.64 Å². The standard InChI is InChI=1S/C32H38N8O2/c1-3-38-11-9-25(34-38)22-40-27-6-4-5-24(31(27)32(35-40)23-7-8-23)19-29(41)28-21-33-30-20-26(10-12-39(28)30)42-18-17-37-15-13-36(2)14-16-37/h4-6,9-12,20-21,23H,3,7-8,13-19,22H2,1-2H3. The normalized spacial score (nSPS) is 16.5. The second kappa shape index (κ2) is 11.3. The van der Waals surface area contributed by atoms with Crippen LogP contribution >= 0.6 is 0 Å². The lowest BCUT2D eigenvalue weighted by atomic mass is 10.00. The third-order valence-corrected chi connectivity index (χ3v) is 8.58. The quantitative estimate of drug-likeness (QED) is 0.224. The van der Waals surface area contributed by atoms with E-state index < -0.39 is 0 Å². The summed E-state index contributed by atoms with van der Waals surface area (Å²) in [4.78, 5) is 23.0. The monoisotopic (exact) mass is 566 g/mol. The van der Waals surface area contributed by atoms with Crippen molar-refractivity contribution in [3.8, 4) is 5.75 Å². The highest BCUT2D eigenvalue weighted by molar-refractivity contribution is 5.99. The van der Waals surface area contributed by atoms with E-state index in [1.54, 1.807) is 6.20 Å². The summed E-state index contributed by atoms with van der Waals surface area (Å²) in [5, 5.41) is 10.8. The van der Waals surface area contributed by atoms with E-state index in [9.17, 15) is 4.79 Å². The zero-order valence-corrected chi connectivity index (χ0v) is 24.4. The van der Waals surface area contributed by atoms with Crippen LogP contribution in [0.3, 0.4) is 0 Å². The maximum absolute atomic E-state index is 13.7. The molecule has 0 N–H and O–H groups in total. The molecule has 0 unspecified atom stereocenters. The lowest BCUT2D eigenvalue weighted by Gasteiger charge is -2.32. The third-order valence-electron chi connectivity index (χ3n) is 8.58. The van der Waals surface area contributed by atoms with Gasteiger partial charge in [-0.2, -0.15) is 10.2 Å². The van der Waals surface area contributed by atoms with Gasteiger partial charge >= 0.3 is 0 Å². The number of carbonyl (C=O) groups excluding carboxylic acids is 1. The molecule has 0 spiro atoms. The molecule has 5 aromatic rings. The number of imidazole rings is 1. The zero-order chi connectivity index (χ0) is 28.6. The molecule has 1 saturated carbocycles. The van der Waals surface area contributed by atoms with Crippen LogP contribution in [0.1, 0.15) is 53.1 Å². The summed E-state index contributed by atoms with van der Waals surface area (Å²) in [6.07, 6.45) is 8.17. The van der Waals surface area contributed by atoms with Crippen LogP contribution in [0.4, 0.5) is 0 Å². The number of carbonyl (C=O) groups is 1. The third kappa shape index (κ3) is 5.44. The second-order valence-electron chi connectivity index (χ2n) is 11.6. The van der Waals surface area contributed by atoms with Crippen molar-refractivity contribution < 1.29 is 9.53 Å². The Kier molecular flexibility index (Phi) is 7.25. The Labute approximate surface area is 245 Å². The number of ether oxygens (including phenoxy) is 1. The highest BCUT2D eigenvalue weighted by Gasteiger charge is 2.31. The number of rotatable bonds is 11. The summed E-state index contributed by atoms with van der Waals surface area (Å²) in [6, 6.07) is 12.1. The fraction of sp³-hybridized carbons (Fsp3) is 0.438. The number of likely N-dealkylation sites (N-methyl/N-ethyl adjacent to an activating group) is 1. The molecule has 10 nitrogen and oxygen atoms in total. The minimum absolute atomic E-state index is 0.0370. The summed E-state index contributed by atoms with van der Waals surface area (Å²) in [5.74, 6) is 1.27. The number of pyridine rings is 1. The van der Waals surface area contributed by atoms with Crippen LogP contribution in [0.5, 0.6) is 5.75 Å². The van der Waals surface area contributed by atoms with E-state index in [4.69, 9.17) is 9.84 Å². The number of aryl methyl sites for hydroxylation is 1. The van der Waals surface area contributed by atoms with Crippen LogP contribution in [0.15, 0.2) is 55.0 Å². The average Bonchev–Trinajstić information content (AvgIpc) is 3.42. The molecule has 2 aliphatic rings. The van der Waals surface area contributed by atoms with Gasteiger partial charge in [-0.05, 0) is 50.6 Å². The van der Waals surface area contributed by atoms with Crippen molar-refractivity contribution in [2.75, 3.05) is 46.4 Å². The highest BCUT2D eigenvalue weighted by atomic mass is 16.5. The molecule has 4 aromatic heterocycles. The van der Waals surface area contributed by atoms with Crippen molar-refractivity contribution in [1.29, 1.82) is 0 Å². The van der Waals surface area contributed by atoms with Gasteiger partial charge in [-0.1, -0.05) is 12.1 Å². The highest BCUT2D eigenvalue weighted by Crippen LogP contribution is 2.43. The summed E-state index contributed by atoms with van der Waals surface area (Å²) in [6.45, 7) is 9.42. The van der Waals surface area contributed by atoms with E-state index in [2.05, 4.69) is 56.7 Å². The first-order chi connectivity index (χ1) is 20.6. The molecule has 1 aromatic carbocycles. The van der Waals surface area contributed by atoms with Gasteiger partial charge in [0, 0.05) is 75.5 Å². The van der Waals surface area contributed by atoms with Crippen LogP contribution in [-0.4, -0.2) is 90.9 Å². The Hall–Kier alpha value is -4.02. The Morgan fingerprint density at radius 2 is 1.90 bits per heavy atom. The van der Waals surface area contributed by atoms with E-state index in [0.717, 1.165) is 85.7 Å². The van der Waals surface area contributed by atoms with Gasteiger partial charge in [0.05, 0.1) is 29.6 Å². The molecule has 1 aliphatic carbocycles. The maximum atomic E-state index is 13.7. The first kappa shape index (κ1) is 26.9. The van der Waals surface area contributed by atoms with Gasteiger partial charge in [-0.3, -0.25) is 23.5 Å². The number of piperazine rings is 1. The topological polar surface area (TPSA) is 85.7 Å². The van der Waals surface area contributed by atoms with Crippen LogP contribution < -0.4 is 4.74 Å². The van der Waals surface area contributed by atoms with Gasteiger partial charge in [-0.15, -0.1) is 0 Å². The number of aromatic nitrogens is 6. The van der Waals surface area contributed by atoms with Crippen LogP contribution in [0.25, 0.3) is 16.6 Å². The van der Waals surface area contributed by atoms with Gasteiger partial charge in [0.25, 0.3) is 0 Å². The van der Waals surface area contributed by atoms with E-state index in [0.29, 0.717) is 36.8 Å². The Bertz CT molecular complexity index is 1720. The Morgan fingerprint density at radius 3 is 2.69 bits per heavy atom. The summed E-state index contributed by atoms with van der Waals surface area (Å²) >= 11 is 0. The average molecular weight is 567 g/mol. The number of benzene rings is 1. The Balaban J connectivity index is 1.08. The van der Waals surface area contributed by atoms with E-state index in [-0.39, 0.29) is 5.78 Å². The van der Waals surface area contributed by atoms with Crippen molar-refractivity contribution in [3.05, 3.63) is 77.6 Å². The van der Waals surface area contributed by atoms with Crippen molar-refractivity contribution in [3.63, 3.8) is 0 Å². The molecule has 7 rings (SSSR count). The summed E-state index contributed by atoms with van der Waals surface area (Å²) in [5.41, 5.74) is 5.47. The van der Waals surface area contributed by atoms with Gasteiger partial charge in [-0.25, -0.2) is 4.98 Å². The summed E-state index contributed by atoms with van der Waals surface area (Å²) < 4.78 is 11.9. The van der Waals surface area contributed by atoms with Gasteiger partial charge in [0.15, 0.2) is 5.78 Å². The lowest BCUT2D eigenvalue weighted by molar-refractivity contribution is 0.0987. The van der Waals surface area contributed by atoms with Crippen LogP contribution in [0.2, 0.25) is 0 Å².